The van der Waals surface area contributed by atoms with Gasteiger partial charge in [-0.1, -0.05) is 0 Å². The number of likely N-dealkylation sites (tertiary alicyclic amines) is 1. The molecule has 1 aromatic rings. The molecule has 19 heavy (non-hydrogen) atoms. The summed E-state index contributed by atoms with van der Waals surface area (Å²) in [5.74, 6) is 0.688. The average Bonchev–Trinajstić information content (AvgIpc) is 3.17. The minimum atomic E-state index is 0.332. The van der Waals surface area contributed by atoms with Crippen molar-refractivity contribution in [3.8, 4) is 0 Å². The van der Waals surface area contributed by atoms with Crippen LogP contribution in [0.15, 0.2) is 17.1 Å². The Morgan fingerprint density at radius 3 is 2.74 bits per heavy atom. The van der Waals surface area contributed by atoms with E-state index in [4.69, 9.17) is 4.42 Å². The first-order valence-corrected chi connectivity index (χ1v) is 7.10. The number of hydrogen-bond donors (Lipinski definition) is 0. The third kappa shape index (κ3) is 2.97. The topological polar surface area (TPSA) is 49.6 Å². The third-order valence-electron chi connectivity index (χ3n) is 4.25. The number of hydrogen-bond acceptors (Lipinski definition) is 4. The molecular formula is C14H21N3O2. The Kier molecular flexibility index (Phi) is 3.55. The molecule has 1 aliphatic carbocycles. The monoisotopic (exact) mass is 263 g/mol. The highest BCUT2D eigenvalue weighted by Crippen LogP contribution is 2.32. The van der Waals surface area contributed by atoms with Crippen molar-refractivity contribution in [1.82, 2.24) is 14.8 Å². The molecule has 0 spiro atoms. The molecule has 2 fully saturated rings. The highest BCUT2D eigenvalue weighted by Gasteiger charge is 2.35. The molecule has 0 bridgehead atoms. The van der Waals surface area contributed by atoms with Gasteiger partial charge in [-0.2, -0.15) is 0 Å². The standard InChI is InChI=1S/C14H21N3O2/c1-16(14(18)11-2-3-11)13-4-6-17(7-5-13)8-12-9-19-10-15-12/h9-11,13H,2-8H2,1H3. The predicted molar refractivity (Wildman–Crippen MR) is 70.3 cm³/mol. The van der Waals surface area contributed by atoms with Gasteiger partial charge in [0.2, 0.25) is 5.91 Å². The molecule has 2 heterocycles. The van der Waals surface area contributed by atoms with Crippen LogP contribution in [0.2, 0.25) is 0 Å². The summed E-state index contributed by atoms with van der Waals surface area (Å²) in [6.45, 7) is 2.91. The molecule has 3 rings (SSSR count). The Labute approximate surface area is 113 Å². The van der Waals surface area contributed by atoms with E-state index in [0.29, 0.717) is 17.9 Å². The smallest absolute Gasteiger partial charge is 0.225 e. The highest BCUT2D eigenvalue weighted by molar-refractivity contribution is 5.81. The lowest BCUT2D eigenvalue weighted by Gasteiger charge is -2.36. The van der Waals surface area contributed by atoms with Crippen LogP contribution in [-0.2, 0) is 11.3 Å². The summed E-state index contributed by atoms with van der Waals surface area (Å²) in [6.07, 6.45) is 7.49. The fraction of sp³-hybridized carbons (Fsp3) is 0.714. The van der Waals surface area contributed by atoms with E-state index in [9.17, 15) is 4.79 Å². The quantitative estimate of drug-likeness (QED) is 0.826. The Bertz CT molecular complexity index is 420. The van der Waals surface area contributed by atoms with Crippen LogP contribution in [-0.4, -0.2) is 46.9 Å². The van der Waals surface area contributed by atoms with Crippen LogP contribution in [0.5, 0.6) is 0 Å². The molecule has 2 aliphatic rings. The van der Waals surface area contributed by atoms with Gasteiger partial charge >= 0.3 is 0 Å². The Morgan fingerprint density at radius 2 is 2.16 bits per heavy atom. The van der Waals surface area contributed by atoms with Gasteiger partial charge in [0.05, 0.1) is 5.69 Å². The molecule has 104 valence electrons. The number of nitrogens with zero attached hydrogens (tertiary/aromatic N) is 3. The van der Waals surface area contributed by atoms with Crippen LogP contribution in [0.4, 0.5) is 0 Å². The van der Waals surface area contributed by atoms with E-state index in [2.05, 4.69) is 9.88 Å². The number of amides is 1. The van der Waals surface area contributed by atoms with Gasteiger partial charge in [0, 0.05) is 38.6 Å². The van der Waals surface area contributed by atoms with Crippen molar-refractivity contribution in [2.24, 2.45) is 5.92 Å². The molecule has 5 nitrogen and oxygen atoms in total. The molecule has 5 heteroatoms. The predicted octanol–water partition coefficient (Wildman–Crippen LogP) is 1.51. The number of oxazole rings is 1. The van der Waals surface area contributed by atoms with Crippen LogP contribution in [0.25, 0.3) is 0 Å². The van der Waals surface area contributed by atoms with Gasteiger partial charge < -0.3 is 9.32 Å². The van der Waals surface area contributed by atoms with E-state index in [1.807, 2.05) is 11.9 Å². The molecular weight excluding hydrogens is 242 g/mol. The molecule has 1 aromatic heterocycles. The van der Waals surface area contributed by atoms with Gasteiger partial charge in [-0.3, -0.25) is 9.69 Å². The van der Waals surface area contributed by atoms with Gasteiger partial charge in [-0.25, -0.2) is 4.98 Å². The van der Waals surface area contributed by atoms with Gasteiger partial charge in [-0.05, 0) is 25.7 Å². The van der Waals surface area contributed by atoms with E-state index in [-0.39, 0.29) is 0 Å². The second-order valence-electron chi connectivity index (χ2n) is 5.71. The molecule has 1 saturated carbocycles. The number of carbonyl (C=O) groups excluding carboxylic acids is 1. The Morgan fingerprint density at radius 1 is 1.42 bits per heavy atom. The SMILES string of the molecule is CN(C(=O)C1CC1)C1CCN(Cc2cocn2)CC1. The summed E-state index contributed by atoms with van der Waals surface area (Å²) in [5, 5.41) is 0. The van der Waals surface area contributed by atoms with Crippen molar-refractivity contribution in [2.75, 3.05) is 20.1 Å². The van der Waals surface area contributed by atoms with Crippen LogP contribution < -0.4 is 0 Å². The fourth-order valence-corrected chi connectivity index (χ4v) is 2.81. The van der Waals surface area contributed by atoms with E-state index >= 15 is 0 Å². The van der Waals surface area contributed by atoms with Crippen molar-refractivity contribution < 1.29 is 9.21 Å². The van der Waals surface area contributed by atoms with Crippen molar-refractivity contribution in [3.05, 3.63) is 18.4 Å². The molecule has 0 atom stereocenters. The first-order chi connectivity index (χ1) is 9.24. The number of carbonyl (C=O) groups is 1. The zero-order valence-electron chi connectivity index (χ0n) is 11.4. The summed E-state index contributed by atoms with van der Waals surface area (Å²) in [4.78, 5) is 20.6. The van der Waals surface area contributed by atoms with E-state index in [1.165, 1.54) is 6.39 Å². The van der Waals surface area contributed by atoms with Crippen LogP contribution in [0.1, 0.15) is 31.4 Å². The Balaban J connectivity index is 1.47. The summed E-state index contributed by atoms with van der Waals surface area (Å²) in [7, 11) is 1.97. The van der Waals surface area contributed by atoms with Crippen molar-refractivity contribution in [1.29, 1.82) is 0 Å². The van der Waals surface area contributed by atoms with E-state index in [1.54, 1.807) is 6.26 Å². The number of rotatable bonds is 4. The van der Waals surface area contributed by atoms with Crippen molar-refractivity contribution >= 4 is 5.91 Å². The van der Waals surface area contributed by atoms with E-state index in [0.717, 1.165) is 51.0 Å². The first kappa shape index (κ1) is 12.7. The summed E-state index contributed by atoms with van der Waals surface area (Å²) in [6, 6.07) is 0.418. The summed E-state index contributed by atoms with van der Waals surface area (Å²) < 4.78 is 4.99. The summed E-state index contributed by atoms with van der Waals surface area (Å²) in [5.41, 5.74) is 0.987. The van der Waals surface area contributed by atoms with E-state index < -0.39 is 0 Å². The van der Waals surface area contributed by atoms with Crippen LogP contribution >= 0.6 is 0 Å². The zero-order chi connectivity index (χ0) is 13.2. The molecule has 0 aromatic carbocycles. The third-order valence-corrected chi connectivity index (χ3v) is 4.25. The zero-order valence-corrected chi connectivity index (χ0v) is 11.4. The lowest BCUT2D eigenvalue weighted by atomic mass is 10.0. The van der Waals surface area contributed by atoms with Gasteiger partial charge in [0.15, 0.2) is 6.39 Å². The fourth-order valence-electron chi connectivity index (χ4n) is 2.81. The molecule has 0 unspecified atom stereocenters. The minimum Gasteiger partial charge on any atom is -0.451 e. The molecule has 1 amide bonds. The molecule has 0 radical (unpaired) electrons. The lowest BCUT2D eigenvalue weighted by Crippen LogP contribution is -2.45. The van der Waals surface area contributed by atoms with Gasteiger partial charge in [0.25, 0.3) is 0 Å². The van der Waals surface area contributed by atoms with Crippen LogP contribution in [0.3, 0.4) is 0 Å². The second kappa shape index (κ2) is 5.33. The number of piperidine rings is 1. The first-order valence-electron chi connectivity index (χ1n) is 7.10. The van der Waals surface area contributed by atoms with Crippen molar-refractivity contribution in [2.45, 2.75) is 38.3 Å². The molecule has 1 aliphatic heterocycles. The van der Waals surface area contributed by atoms with Gasteiger partial charge in [0.1, 0.15) is 6.26 Å². The summed E-state index contributed by atoms with van der Waals surface area (Å²) >= 11 is 0. The molecule has 0 N–H and O–H groups in total. The lowest BCUT2D eigenvalue weighted by molar-refractivity contribution is -0.134. The highest BCUT2D eigenvalue weighted by atomic mass is 16.3. The molecule has 1 saturated heterocycles. The average molecular weight is 263 g/mol. The van der Waals surface area contributed by atoms with Crippen molar-refractivity contribution in [3.63, 3.8) is 0 Å². The second-order valence-corrected chi connectivity index (χ2v) is 5.71. The normalized spacial score (nSPS) is 21.5. The largest absolute Gasteiger partial charge is 0.451 e. The minimum absolute atomic E-state index is 0.332. The maximum absolute atomic E-state index is 12.0. The Hall–Kier alpha value is -1.36. The number of aromatic nitrogens is 1. The van der Waals surface area contributed by atoms with Crippen LogP contribution in [0, 0.1) is 5.92 Å². The maximum Gasteiger partial charge on any atom is 0.225 e. The van der Waals surface area contributed by atoms with Gasteiger partial charge in [-0.15, -0.1) is 0 Å². The maximum atomic E-state index is 12.0.